The van der Waals surface area contributed by atoms with E-state index in [9.17, 15) is 9.59 Å². The summed E-state index contributed by atoms with van der Waals surface area (Å²) < 4.78 is 5.69. The van der Waals surface area contributed by atoms with Crippen LogP contribution in [0.15, 0.2) is 46.9 Å². The first kappa shape index (κ1) is 17.5. The first-order valence-corrected chi connectivity index (χ1v) is 8.08. The summed E-state index contributed by atoms with van der Waals surface area (Å²) in [4.78, 5) is 23.7. The number of carbonyl (C=O) groups is 2. The van der Waals surface area contributed by atoms with Gasteiger partial charge in [-0.05, 0) is 36.2 Å². The number of esters is 1. The fourth-order valence-electron chi connectivity index (χ4n) is 1.92. The van der Waals surface area contributed by atoms with Crippen molar-refractivity contribution >= 4 is 39.4 Å². The average Bonchev–Trinajstić information content (AvgIpc) is 2.54. The Bertz CT molecular complexity index is 734. The second kappa shape index (κ2) is 8.13. The van der Waals surface area contributed by atoms with Crippen LogP contribution in [0.25, 0.3) is 0 Å². The zero-order chi connectivity index (χ0) is 16.8. The van der Waals surface area contributed by atoms with Crippen LogP contribution in [0.5, 0.6) is 0 Å². The molecular formula is C17H15BrClNO3. The van der Waals surface area contributed by atoms with E-state index in [2.05, 4.69) is 21.2 Å². The van der Waals surface area contributed by atoms with E-state index < -0.39 is 5.97 Å². The lowest BCUT2D eigenvalue weighted by atomic mass is 10.1. The van der Waals surface area contributed by atoms with E-state index >= 15 is 0 Å². The molecule has 120 valence electrons. The molecule has 1 amide bonds. The van der Waals surface area contributed by atoms with E-state index in [1.165, 1.54) is 0 Å². The molecule has 0 aliphatic rings. The van der Waals surface area contributed by atoms with Crippen molar-refractivity contribution in [1.82, 2.24) is 5.32 Å². The summed E-state index contributed by atoms with van der Waals surface area (Å²) in [6.45, 7) is 2.00. The molecule has 2 rings (SSSR count). The number of hydrogen-bond acceptors (Lipinski definition) is 3. The third kappa shape index (κ3) is 5.08. The van der Waals surface area contributed by atoms with Crippen molar-refractivity contribution in [2.75, 3.05) is 6.61 Å². The van der Waals surface area contributed by atoms with Crippen molar-refractivity contribution in [1.29, 1.82) is 0 Å². The number of carbonyl (C=O) groups excluding carboxylic acids is 2. The Kier molecular flexibility index (Phi) is 6.19. The van der Waals surface area contributed by atoms with Crippen LogP contribution in [-0.4, -0.2) is 18.5 Å². The smallest absolute Gasteiger partial charge is 0.340 e. The third-order valence-corrected chi connectivity index (χ3v) is 4.04. The van der Waals surface area contributed by atoms with Gasteiger partial charge in [0.15, 0.2) is 6.61 Å². The topological polar surface area (TPSA) is 55.4 Å². The van der Waals surface area contributed by atoms with Gasteiger partial charge in [-0.15, -0.1) is 0 Å². The molecule has 0 heterocycles. The molecule has 23 heavy (non-hydrogen) atoms. The number of rotatable bonds is 5. The maximum Gasteiger partial charge on any atom is 0.340 e. The van der Waals surface area contributed by atoms with Crippen molar-refractivity contribution in [2.45, 2.75) is 13.5 Å². The predicted octanol–water partition coefficient (Wildman–Crippen LogP) is 3.88. The molecule has 0 spiro atoms. The maximum atomic E-state index is 11.9. The summed E-state index contributed by atoms with van der Waals surface area (Å²) >= 11 is 9.20. The Labute approximate surface area is 147 Å². The lowest BCUT2D eigenvalue weighted by Gasteiger charge is -2.09. The first-order valence-electron chi connectivity index (χ1n) is 6.91. The monoisotopic (exact) mass is 395 g/mol. The highest BCUT2D eigenvalue weighted by atomic mass is 79.9. The van der Waals surface area contributed by atoms with Crippen molar-refractivity contribution in [3.8, 4) is 0 Å². The van der Waals surface area contributed by atoms with E-state index in [0.29, 0.717) is 11.0 Å². The van der Waals surface area contributed by atoms with Crippen LogP contribution in [0, 0.1) is 6.92 Å². The summed E-state index contributed by atoms with van der Waals surface area (Å²) in [5.74, 6) is -1.00. The summed E-state index contributed by atoms with van der Waals surface area (Å²) in [5, 5.41) is 2.99. The first-order chi connectivity index (χ1) is 11.0. The van der Waals surface area contributed by atoms with E-state index in [0.717, 1.165) is 11.1 Å². The minimum Gasteiger partial charge on any atom is -0.452 e. The molecule has 0 atom stereocenters. The Balaban J connectivity index is 1.86. The van der Waals surface area contributed by atoms with Crippen LogP contribution in [0.1, 0.15) is 21.5 Å². The van der Waals surface area contributed by atoms with Gasteiger partial charge in [0.05, 0.1) is 10.6 Å². The van der Waals surface area contributed by atoms with Gasteiger partial charge in [0.1, 0.15) is 0 Å². The van der Waals surface area contributed by atoms with Gasteiger partial charge in [-0.2, -0.15) is 0 Å². The Morgan fingerprint density at radius 2 is 1.96 bits per heavy atom. The summed E-state index contributed by atoms with van der Waals surface area (Å²) in [6.07, 6.45) is 0. The molecule has 0 bridgehead atoms. The quantitative estimate of drug-likeness (QED) is 0.780. The van der Waals surface area contributed by atoms with Crippen LogP contribution in [0.4, 0.5) is 0 Å². The highest BCUT2D eigenvalue weighted by molar-refractivity contribution is 9.10. The van der Waals surface area contributed by atoms with Crippen LogP contribution in [0.3, 0.4) is 0 Å². The molecule has 0 fully saturated rings. The van der Waals surface area contributed by atoms with Gasteiger partial charge in [-0.25, -0.2) is 4.79 Å². The Hall–Kier alpha value is -1.85. The number of benzene rings is 2. The van der Waals surface area contributed by atoms with E-state index in [-0.39, 0.29) is 23.1 Å². The van der Waals surface area contributed by atoms with Gasteiger partial charge in [0, 0.05) is 11.0 Å². The van der Waals surface area contributed by atoms with Crippen LogP contribution in [-0.2, 0) is 16.1 Å². The zero-order valence-corrected chi connectivity index (χ0v) is 14.8. The number of nitrogens with one attached hydrogen (secondary N) is 1. The number of amides is 1. The van der Waals surface area contributed by atoms with Gasteiger partial charge in [0.25, 0.3) is 5.91 Å². The molecule has 0 aliphatic carbocycles. The zero-order valence-electron chi connectivity index (χ0n) is 12.4. The van der Waals surface area contributed by atoms with Crippen molar-refractivity contribution in [2.24, 2.45) is 0 Å². The highest BCUT2D eigenvalue weighted by Crippen LogP contribution is 2.21. The molecule has 0 saturated carbocycles. The lowest BCUT2D eigenvalue weighted by molar-refractivity contribution is -0.124. The highest BCUT2D eigenvalue weighted by Gasteiger charge is 2.14. The van der Waals surface area contributed by atoms with Crippen LogP contribution < -0.4 is 5.32 Å². The molecule has 2 aromatic carbocycles. The molecule has 2 aromatic rings. The number of aryl methyl sites for hydroxylation is 1. The minimum atomic E-state index is -0.637. The fraction of sp³-hybridized carbons (Fsp3) is 0.176. The second-order valence-electron chi connectivity index (χ2n) is 4.90. The summed E-state index contributed by atoms with van der Waals surface area (Å²) in [5.41, 5.74) is 2.32. The van der Waals surface area contributed by atoms with Gasteiger partial charge >= 0.3 is 5.97 Å². The molecule has 1 N–H and O–H groups in total. The maximum absolute atomic E-state index is 11.9. The van der Waals surface area contributed by atoms with Gasteiger partial charge in [0.2, 0.25) is 0 Å². The molecule has 0 unspecified atom stereocenters. The largest absolute Gasteiger partial charge is 0.452 e. The SMILES string of the molecule is Cc1ccccc1CNC(=O)COC(=O)c1cc(Br)ccc1Cl. The van der Waals surface area contributed by atoms with Gasteiger partial charge in [-0.3, -0.25) is 4.79 Å². The van der Waals surface area contributed by atoms with E-state index in [1.807, 2.05) is 31.2 Å². The van der Waals surface area contributed by atoms with Gasteiger partial charge in [-0.1, -0.05) is 51.8 Å². The molecular weight excluding hydrogens is 382 g/mol. The molecule has 0 aromatic heterocycles. The summed E-state index contributed by atoms with van der Waals surface area (Å²) in [7, 11) is 0. The van der Waals surface area contributed by atoms with Crippen LogP contribution in [0.2, 0.25) is 5.02 Å². The van der Waals surface area contributed by atoms with E-state index in [1.54, 1.807) is 18.2 Å². The van der Waals surface area contributed by atoms with Crippen molar-refractivity contribution in [3.05, 3.63) is 68.7 Å². The predicted molar refractivity (Wildman–Crippen MR) is 92.5 cm³/mol. The molecule has 6 heteroatoms. The molecule has 0 saturated heterocycles. The van der Waals surface area contributed by atoms with Crippen molar-refractivity contribution in [3.63, 3.8) is 0 Å². The standard InChI is InChI=1S/C17H15BrClNO3/c1-11-4-2-3-5-12(11)9-20-16(21)10-23-17(22)14-8-13(18)6-7-15(14)19/h2-8H,9-10H2,1H3,(H,20,21). The average molecular weight is 397 g/mol. The van der Waals surface area contributed by atoms with Gasteiger partial charge < -0.3 is 10.1 Å². The summed E-state index contributed by atoms with van der Waals surface area (Å²) in [6, 6.07) is 12.6. The molecule has 4 nitrogen and oxygen atoms in total. The lowest BCUT2D eigenvalue weighted by Crippen LogP contribution is -2.28. The van der Waals surface area contributed by atoms with E-state index in [4.69, 9.17) is 16.3 Å². The Morgan fingerprint density at radius 3 is 2.70 bits per heavy atom. The second-order valence-corrected chi connectivity index (χ2v) is 6.23. The molecule has 0 aliphatic heterocycles. The number of ether oxygens (including phenoxy) is 1. The Morgan fingerprint density at radius 1 is 1.22 bits per heavy atom. The minimum absolute atomic E-state index is 0.216. The third-order valence-electron chi connectivity index (χ3n) is 3.22. The molecule has 0 radical (unpaired) electrons. The normalized spacial score (nSPS) is 10.2. The number of hydrogen-bond donors (Lipinski definition) is 1. The fourth-order valence-corrected chi connectivity index (χ4v) is 2.47. The van der Waals surface area contributed by atoms with Crippen LogP contribution >= 0.6 is 27.5 Å². The van der Waals surface area contributed by atoms with Crippen molar-refractivity contribution < 1.29 is 14.3 Å². The number of halogens is 2.